The fourth-order valence-electron chi connectivity index (χ4n) is 2.11. The van der Waals surface area contributed by atoms with E-state index in [-0.39, 0.29) is 32.9 Å². The zero-order valence-corrected chi connectivity index (χ0v) is 21.3. The van der Waals surface area contributed by atoms with E-state index in [0.717, 1.165) is 15.1 Å². The number of hydrogen-bond acceptors (Lipinski definition) is 3. The Bertz CT molecular complexity index is 619. The zero-order chi connectivity index (χ0) is 20.5. The summed E-state index contributed by atoms with van der Waals surface area (Å²) in [7, 11) is 6.77. The number of methoxy groups -OCH3 is 1. The molecule has 27 heavy (non-hydrogen) atoms. The third-order valence-corrected chi connectivity index (χ3v) is 3.89. The number of ether oxygens (including phenoxy) is 1. The molecular formula is C22H36NO2SiTi-. The number of phenols is 1. The predicted molar refractivity (Wildman–Crippen MR) is 114 cm³/mol. The Balaban J connectivity index is 0. The van der Waals surface area contributed by atoms with Crippen LogP contribution >= 0.6 is 0 Å². The van der Waals surface area contributed by atoms with Crippen LogP contribution in [0.1, 0.15) is 40.2 Å². The Morgan fingerprint density at radius 3 is 1.96 bits per heavy atom. The molecule has 1 aromatic rings. The molecule has 0 amide bonds. The summed E-state index contributed by atoms with van der Waals surface area (Å²) in [5.41, 5.74) is 3.73. The second-order valence-corrected chi connectivity index (χ2v) is 8.70. The number of allylic oxidation sites excluding steroid dienone is 3. The Labute approximate surface area is 184 Å². The summed E-state index contributed by atoms with van der Waals surface area (Å²) in [6, 6.07) is 5.32. The van der Waals surface area contributed by atoms with Crippen molar-refractivity contribution in [2.24, 2.45) is 5.92 Å². The quantitative estimate of drug-likeness (QED) is 0.518. The van der Waals surface area contributed by atoms with Gasteiger partial charge in [-0.3, -0.25) is 0 Å². The number of nitrogens with zero attached hydrogens (tertiary/aromatic N) is 1. The molecule has 0 aliphatic heterocycles. The van der Waals surface area contributed by atoms with Crippen LogP contribution in [0.3, 0.4) is 0 Å². The molecule has 1 aromatic carbocycles. The number of aromatic hydroxyl groups is 1. The molecular weight excluding hydrogens is 386 g/mol. The molecule has 1 aliphatic rings. The second kappa shape index (κ2) is 13.2. The maximum Gasteiger partial charge on any atom is 0.122 e. The minimum absolute atomic E-state index is 0. The topological polar surface area (TPSA) is 32.7 Å². The van der Waals surface area contributed by atoms with Crippen LogP contribution in [-0.4, -0.2) is 40.7 Å². The fraction of sp³-hybridized carbons (Fsp3) is 0.545. The van der Waals surface area contributed by atoms with Gasteiger partial charge in [-0.25, -0.2) is 6.08 Å². The van der Waals surface area contributed by atoms with Crippen molar-refractivity contribution in [2.45, 2.75) is 53.1 Å². The Morgan fingerprint density at radius 2 is 1.67 bits per heavy atom. The van der Waals surface area contributed by atoms with Crippen LogP contribution in [0.25, 0.3) is 0 Å². The summed E-state index contributed by atoms with van der Waals surface area (Å²) in [5.74, 6) is 1.46. The van der Waals surface area contributed by atoms with E-state index in [0.29, 0.717) is 11.7 Å². The number of benzene rings is 1. The molecule has 2 radical (unpaired) electrons. The first-order valence-electron chi connectivity index (χ1n) is 8.92. The predicted octanol–water partition coefficient (Wildman–Crippen LogP) is 5.31. The summed E-state index contributed by atoms with van der Waals surface area (Å²) in [6.07, 6.45) is 5.54. The van der Waals surface area contributed by atoms with Gasteiger partial charge in [-0.05, 0) is 23.1 Å². The molecule has 0 bridgehead atoms. The number of likely N-dealkylation sites (N-methyl/N-ethyl adjacent to an activating group) is 1. The van der Waals surface area contributed by atoms with Gasteiger partial charge in [-0.1, -0.05) is 53.6 Å². The minimum Gasteiger partial charge on any atom is -0.508 e. The molecule has 2 rings (SSSR count). The SMILES string of the molecule is CC1=CC(N(C)C)=[C-]C1C.COc1cc(O)cc(C(C)(C)C)c1.C[Si]C.[Ti]. The van der Waals surface area contributed by atoms with Gasteiger partial charge < -0.3 is 14.7 Å². The molecule has 1 N–H and O–H groups in total. The zero-order valence-electron chi connectivity index (χ0n) is 18.7. The first-order chi connectivity index (χ1) is 12.0. The summed E-state index contributed by atoms with van der Waals surface area (Å²) in [6.45, 7) is 14.9. The van der Waals surface area contributed by atoms with Gasteiger partial charge in [0.15, 0.2) is 0 Å². The fourth-order valence-corrected chi connectivity index (χ4v) is 2.11. The van der Waals surface area contributed by atoms with E-state index in [4.69, 9.17) is 4.74 Å². The van der Waals surface area contributed by atoms with Crippen molar-refractivity contribution in [3.8, 4) is 11.5 Å². The largest absolute Gasteiger partial charge is 0.508 e. The second-order valence-electron chi connectivity index (χ2n) is 7.70. The van der Waals surface area contributed by atoms with Gasteiger partial charge >= 0.3 is 0 Å². The van der Waals surface area contributed by atoms with Gasteiger partial charge in [0.2, 0.25) is 0 Å². The van der Waals surface area contributed by atoms with E-state index in [1.807, 2.05) is 20.2 Å². The monoisotopic (exact) mass is 422 g/mol. The molecule has 150 valence electrons. The average Bonchev–Trinajstić information content (AvgIpc) is 2.87. The molecule has 1 aliphatic carbocycles. The van der Waals surface area contributed by atoms with Crippen molar-refractivity contribution in [1.29, 1.82) is 0 Å². The van der Waals surface area contributed by atoms with E-state index >= 15 is 0 Å². The van der Waals surface area contributed by atoms with Crippen molar-refractivity contribution < 1.29 is 31.6 Å². The molecule has 0 aromatic heterocycles. The van der Waals surface area contributed by atoms with Crippen molar-refractivity contribution in [1.82, 2.24) is 4.90 Å². The van der Waals surface area contributed by atoms with Crippen molar-refractivity contribution in [3.63, 3.8) is 0 Å². The summed E-state index contributed by atoms with van der Waals surface area (Å²) >= 11 is 0. The maximum atomic E-state index is 9.41. The van der Waals surface area contributed by atoms with Crippen LogP contribution < -0.4 is 4.74 Å². The number of rotatable bonds is 2. The van der Waals surface area contributed by atoms with Crippen LogP contribution in [0, 0.1) is 12.0 Å². The Morgan fingerprint density at radius 1 is 1.15 bits per heavy atom. The van der Waals surface area contributed by atoms with Crippen LogP contribution in [-0.2, 0) is 27.1 Å². The molecule has 0 saturated heterocycles. The van der Waals surface area contributed by atoms with Crippen molar-refractivity contribution in [2.75, 3.05) is 21.2 Å². The first kappa shape index (κ1) is 28.2. The molecule has 0 heterocycles. The maximum absolute atomic E-state index is 9.41. The Hall–Kier alpha value is -0.969. The van der Waals surface area contributed by atoms with Crippen LogP contribution in [0.2, 0.25) is 13.1 Å². The Kier molecular flexibility index (Phi) is 13.9. The minimum atomic E-state index is 0. The third-order valence-electron chi connectivity index (χ3n) is 3.89. The number of phenolic OH excluding ortho intramolecular Hbond substituents is 1. The molecule has 1 atom stereocenters. The summed E-state index contributed by atoms with van der Waals surface area (Å²) in [4.78, 5) is 2.09. The molecule has 0 saturated carbocycles. The smallest absolute Gasteiger partial charge is 0.122 e. The normalized spacial score (nSPS) is 15.1. The average molecular weight is 422 g/mol. The van der Waals surface area contributed by atoms with E-state index in [1.54, 1.807) is 19.2 Å². The van der Waals surface area contributed by atoms with Crippen LogP contribution in [0.5, 0.6) is 11.5 Å². The molecule has 0 spiro atoms. The van der Waals surface area contributed by atoms with Crippen LogP contribution in [0.4, 0.5) is 0 Å². The summed E-state index contributed by atoms with van der Waals surface area (Å²) < 4.78 is 5.07. The van der Waals surface area contributed by atoms with Crippen molar-refractivity contribution >= 4 is 9.52 Å². The van der Waals surface area contributed by atoms with Gasteiger partial charge in [-0.2, -0.15) is 11.6 Å². The van der Waals surface area contributed by atoms with Crippen molar-refractivity contribution in [3.05, 3.63) is 47.2 Å². The van der Waals surface area contributed by atoms with E-state index in [2.05, 4.69) is 64.8 Å². The van der Waals surface area contributed by atoms with E-state index in [1.165, 1.54) is 11.3 Å². The molecule has 5 heteroatoms. The van der Waals surface area contributed by atoms with Gasteiger partial charge in [0.25, 0.3) is 0 Å². The molecule has 0 fully saturated rings. The first-order valence-corrected chi connectivity index (χ1v) is 10.9. The third kappa shape index (κ3) is 10.8. The van der Waals surface area contributed by atoms with E-state index in [9.17, 15) is 5.11 Å². The van der Waals surface area contributed by atoms with Gasteiger partial charge in [-0.15, -0.1) is 5.70 Å². The molecule has 3 nitrogen and oxygen atoms in total. The van der Waals surface area contributed by atoms with E-state index < -0.39 is 0 Å². The summed E-state index contributed by atoms with van der Waals surface area (Å²) in [5, 5.41) is 9.41. The van der Waals surface area contributed by atoms with Gasteiger partial charge in [0.1, 0.15) is 11.5 Å². The van der Waals surface area contributed by atoms with Gasteiger partial charge in [0, 0.05) is 51.4 Å². The van der Waals surface area contributed by atoms with Gasteiger partial charge in [0.05, 0.1) is 7.11 Å². The number of hydrogen-bond donors (Lipinski definition) is 1. The van der Waals surface area contributed by atoms with Crippen LogP contribution in [0.15, 0.2) is 35.5 Å². The molecule has 1 unspecified atom stereocenters. The standard InChI is InChI=1S/C11H16O2.C9H14N.C2H6Si.Ti/c1-11(2,3)8-5-9(12)7-10(6-8)13-4;1-7-5-9(10(3)4)6-8(7)2;1-3-2;/h5-7,12H,1-4H3;5,8H,1-4H3;1-2H3;/q;-1;;.